The highest BCUT2D eigenvalue weighted by atomic mass is 19.1. The minimum absolute atomic E-state index is 0.150. The minimum Gasteiger partial charge on any atom is -0.302 e. The molecule has 29 heavy (non-hydrogen) atoms. The molecular formula is C21H19FN6O. The van der Waals surface area contributed by atoms with Gasteiger partial charge in [0.15, 0.2) is 0 Å². The number of hydrogen-bond donors (Lipinski definition) is 1. The Morgan fingerprint density at radius 1 is 1.24 bits per heavy atom. The highest BCUT2D eigenvalue weighted by molar-refractivity contribution is 5.89. The highest BCUT2D eigenvalue weighted by Crippen LogP contribution is 2.27. The molecule has 1 aliphatic rings. The van der Waals surface area contributed by atoms with Crippen molar-refractivity contribution in [2.24, 2.45) is 0 Å². The van der Waals surface area contributed by atoms with Gasteiger partial charge < -0.3 is 4.90 Å². The van der Waals surface area contributed by atoms with E-state index in [9.17, 15) is 9.18 Å². The maximum Gasteiger partial charge on any atom is 0.273 e. The molecule has 0 saturated heterocycles. The number of aromatic amines is 1. The third kappa shape index (κ3) is 2.92. The average molecular weight is 390 g/mol. The number of aryl methyl sites for hydroxylation is 1. The van der Waals surface area contributed by atoms with Crippen LogP contribution in [0.3, 0.4) is 0 Å². The monoisotopic (exact) mass is 390 g/mol. The number of pyridine rings is 1. The van der Waals surface area contributed by atoms with Crippen molar-refractivity contribution < 1.29 is 4.39 Å². The molecule has 7 nitrogen and oxygen atoms in total. The summed E-state index contributed by atoms with van der Waals surface area (Å²) in [4.78, 5) is 19.4. The van der Waals surface area contributed by atoms with E-state index in [4.69, 9.17) is 0 Å². The third-order valence-corrected chi connectivity index (χ3v) is 5.35. The second-order valence-electron chi connectivity index (χ2n) is 7.45. The molecule has 0 atom stereocenters. The van der Waals surface area contributed by atoms with Crippen molar-refractivity contribution in [1.29, 1.82) is 0 Å². The van der Waals surface area contributed by atoms with E-state index >= 15 is 0 Å². The minimum atomic E-state index is -0.498. The van der Waals surface area contributed by atoms with Gasteiger partial charge >= 0.3 is 0 Å². The van der Waals surface area contributed by atoms with E-state index in [0.29, 0.717) is 22.3 Å². The molecule has 1 aliphatic heterocycles. The summed E-state index contributed by atoms with van der Waals surface area (Å²) in [5.74, 6) is -0.498. The fourth-order valence-electron chi connectivity index (χ4n) is 3.83. The number of para-hydroxylation sites is 1. The van der Waals surface area contributed by atoms with E-state index in [2.05, 4.69) is 38.3 Å². The van der Waals surface area contributed by atoms with Gasteiger partial charge in [-0.3, -0.25) is 14.9 Å². The summed E-state index contributed by atoms with van der Waals surface area (Å²) in [6, 6.07) is 8.14. The SMILES string of the molecule is Cc1cccc(F)c1-n1nc2c(-c3cnc4c(c3)CN(C)CC4)n[nH]c2cc1=O. The number of fused-ring (bicyclic) bond motifs is 2. The van der Waals surface area contributed by atoms with Crippen LogP contribution in [0.1, 0.15) is 16.8 Å². The lowest BCUT2D eigenvalue weighted by molar-refractivity contribution is 0.310. The van der Waals surface area contributed by atoms with E-state index in [1.54, 1.807) is 25.3 Å². The molecule has 0 aliphatic carbocycles. The van der Waals surface area contributed by atoms with Crippen LogP contribution in [-0.2, 0) is 13.0 Å². The Bertz CT molecular complexity index is 1290. The summed E-state index contributed by atoms with van der Waals surface area (Å²) in [5.41, 5.74) is 5.01. The standard InChI is InChI=1S/C21H19FN6O/c1-12-4-3-5-15(22)21(12)28-18(29)9-17-20(26-28)19(25-24-17)13-8-14-11-27(2)7-6-16(14)23-10-13/h3-5,8-10,24H,6-7,11H2,1-2H3. The van der Waals surface area contributed by atoms with Gasteiger partial charge in [-0.15, -0.1) is 0 Å². The van der Waals surface area contributed by atoms with Crippen molar-refractivity contribution in [3.05, 3.63) is 69.5 Å². The molecule has 1 aromatic carbocycles. The molecule has 4 heterocycles. The first-order chi connectivity index (χ1) is 14.0. The zero-order valence-electron chi connectivity index (χ0n) is 16.1. The molecule has 0 spiro atoms. The quantitative estimate of drug-likeness (QED) is 0.569. The number of likely N-dealkylation sites (N-methyl/N-ethyl adjacent to an activating group) is 1. The number of rotatable bonds is 2. The lowest BCUT2D eigenvalue weighted by Gasteiger charge is -2.24. The molecule has 4 aromatic rings. The summed E-state index contributed by atoms with van der Waals surface area (Å²) in [6.07, 6.45) is 2.70. The van der Waals surface area contributed by atoms with Crippen molar-refractivity contribution in [3.63, 3.8) is 0 Å². The van der Waals surface area contributed by atoms with Crippen LogP contribution < -0.4 is 5.56 Å². The Kier molecular flexibility index (Phi) is 4.02. The molecule has 0 bridgehead atoms. The van der Waals surface area contributed by atoms with Crippen molar-refractivity contribution in [2.75, 3.05) is 13.6 Å². The zero-order valence-corrected chi connectivity index (χ0v) is 16.1. The van der Waals surface area contributed by atoms with Gasteiger partial charge in [0.25, 0.3) is 5.56 Å². The Labute approximate surface area is 165 Å². The lowest BCUT2D eigenvalue weighted by Crippen LogP contribution is -2.27. The lowest BCUT2D eigenvalue weighted by atomic mass is 10.0. The van der Waals surface area contributed by atoms with Crippen LogP contribution >= 0.6 is 0 Å². The van der Waals surface area contributed by atoms with Crippen molar-refractivity contribution >= 4 is 11.0 Å². The van der Waals surface area contributed by atoms with Crippen LogP contribution in [0.5, 0.6) is 0 Å². The number of halogens is 1. The van der Waals surface area contributed by atoms with Gasteiger partial charge in [-0.1, -0.05) is 12.1 Å². The van der Waals surface area contributed by atoms with Gasteiger partial charge in [-0.05, 0) is 37.2 Å². The van der Waals surface area contributed by atoms with Crippen molar-refractivity contribution in [1.82, 2.24) is 29.9 Å². The van der Waals surface area contributed by atoms with Gasteiger partial charge in [-0.25, -0.2) is 4.39 Å². The maximum absolute atomic E-state index is 14.5. The fraction of sp³-hybridized carbons (Fsp3) is 0.238. The zero-order chi connectivity index (χ0) is 20.1. The van der Waals surface area contributed by atoms with Gasteiger partial charge in [0.2, 0.25) is 0 Å². The van der Waals surface area contributed by atoms with Crippen LogP contribution in [0.25, 0.3) is 28.0 Å². The molecule has 0 fully saturated rings. The second kappa shape index (κ2) is 6.59. The number of benzene rings is 1. The molecule has 8 heteroatoms. The average Bonchev–Trinajstić information content (AvgIpc) is 3.10. The van der Waals surface area contributed by atoms with Gasteiger partial charge in [0.1, 0.15) is 22.7 Å². The van der Waals surface area contributed by atoms with Crippen LogP contribution in [0.4, 0.5) is 4.39 Å². The number of aromatic nitrogens is 5. The number of H-pyrrole nitrogens is 1. The molecule has 146 valence electrons. The van der Waals surface area contributed by atoms with Crippen LogP contribution in [-0.4, -0.2) is 43.5 Å². The van der Waals surface area contributed by atoms with Crippen molar-refractivity contribution in [3.8, 4) is 16.9 Å². The molecule has 0 amide bonds. The summed E-state index contributed by atoms with van der Waals surface area (Å²) in [6.45, 7) is 3.56. The summed E-state index contributed by atoms with van der Waals surface area (Å²) in [5, 5.41) is 11.7. The Morgan fingerprint density at radius 2 is 2.10 bits per heavy atom. The van der Waals surface area contributed by atoms with E-state index in [0.717, 1.165) is 41.0 Å². The van der Waals surface area contributed by atoms with Crippen LogP contribution in [0.2, 0.25) is 0 Å². The molecule has 0 unspecified atom stereocenters. The first-order valence-corrected chi connectivity index (χ1v) is 9.42. The smallest absolute Gasteiger partial charge is 0.273 e. The van der Waals surface area contributed by atoms with E-state index in [1.807, 2.05) is 0 Å². The first-order valence-electron chi connectivity index (χ1n) is 9.42. The number of nitrogens with zero attached hydrogens (tertiary/aromatic N) is 5. The maximum atomic E-state index is 14.5. The van der Waals surface area contributed by atoms with Gasteiger partial charge in [0.05, 0.1) is 5.52 Å². The van der Waals surface area contributed by atoms with Gasteiger partial charge in [-0.2, -0.15) is 14.9 Å². The molecule has 0 saturated carbocycles. The molecule has 3 aromatic heterocycles. The normalized spacial score (nSPS) is 14.3. The predicted molar refractivity (Wildman–Crippen MR) is 107 cm³/mol. The van der Waals surface area contributed by atoms with Crippen LogP contribution in [0.15, 0.2) is 41.3 Å². The second-order valence-corrected chi connectivity index (χ2v) is 7.45. The first kappa shape index (κ1) is 17.7. The highest BCUT2D eigenvalue weighted by Gasteiger charge is 2.19. The molecule has 1 N–H and O–H groups in total. The summed E-state index contributed by atoms with van der Waals surface area (Å²) < 4.78 is 15.6. The largest absolute Gasteiger partial charge is 0.302 e. The predicted octanol–water partition coefficient (Wildman–Crippen LogP) is 2.61. The van der Waals surface area contributed by atoms with E-state index in [-0.39, 0.29) is 5.69 Å². The number of hydrogen-bond acceptors (Lipinski definition) is 5. The molecule has 0 radical (unpaired) electrons. The third-order valence-electron chi connectivity index (χ3n) is 5.35. The van der Waals surface area contributed by atoms with E-state index < -0.39 is 11.4 Å². The molecule has 5 rings (SSSR count). The van der Waals surface area contributed by atoms with Crippen LogP contribution in [0, 0.1) is 12.7 Å². The number of nitrogens with one attached hydrogen (secondary N) is 1. The Balaban J connectivity index is 1.69. The summed E-state index contributed by atoms with van der Waals surface area (Å²) >= 11 is 0. The Morgan fingerprint density at radius 3 is 2.93 bits per heavy atom. The van der Waals surface area contributed by atoms with E-state index in [1.165, 1.54) is 12.1 Å². The van der Waals surface area contributed by atoms with Gasteiger partial charge in [0, 0.05) is 43.0 Å². The fourth-order valence-corrected chi connectivity index (χ4v) is 3.83. The molecular weight excluding hydrogens is 371 g/mol. The Hall–Kier alpha value is -3.39. The summed E-state index contributed by atoms with van der Waals surface area (Å²) in [7, 11) is 2.08. The topological polar surface area (TPSA) is 79.7 Å². The van der Waals surface area contributed by atoms with Crippen molar-refractivity contribution in [2.45, 2.75) is 19.9 Å².